The molecule has 11 heavy (non-hydrogen) atoms. The van der Waals surface area contributed by atoms with Crippen molar-refractivity contribution in [2.75, 3.05) is 7.11 Å². The van der Waals surface area contributed by atoms with Crippen molar-refractivity contribution < 1.29 is 9.53 Å². The van der Waals surface area contributed by atoms with Gasteiger partial charge < -0.3 is 4.74 Å². The molecule has 0 spiro atoms. The van der Waals surface area contributed by atoms with Crippen LogP contribution < -0.4 is 0 Å². The van der Waals surface area contributed by atoms with Gasteiger partial charge in [0.15, 0.2) is 0 Å². The number of hydrogen-bond donors (Lipinski definition) is 0. The average molecular weight is 170 g/mol. The van der Waals surface area contributed by atoms with Crippen LogP contribution in [0.1, 0.15) is 10.4 Å². The standard InChI is InChI=1S/C8H6ClO2/c1-11-8(10)6-4-2-3-5-7(6)9/h2-3,5H,1H3. The molecule has 0 aliphatic rings. The third kappa shape index (κ3) is 1.71. The van der Waals surface area contributed by atoms with E-state index in [1.807, 2.05) is 0 Å². The fourth-order valence-corrected chi connectivity index (χ4v) is 0.879. The molecule has 0 bridgehead atoms. The lowest BCUT2D eigenvalue weighted by molar-refractivity contribution is 0.0600. The molecule has 2 nitrogen and oxygen atoms in total. The number of methoxy groups -OCH3 is 1. The first-order valence-electron chi connectivity index (χ1n) is 3.00. The number of benzene rings is 1. The number of halogens is 1. The molecule has 0 fully saturated rings. The van der Waals surface area contributed by atoms with E-state index in [-0.39, 0.29) is 5.56 Å². The molecule has 0 N–H and O–H groups in total. The molecule has 0 aliphatic heterocycles. The molecular weight excluding hydrogens is 164 g/mol. The Labute approximate surface area is 69.7 Å². The van der Waals surface area contributed by atoms with E-state index in [2.05, 4.69) is 10.8 Å². The summed E-state index contributed by atoms with van der Waals surface area (Å²) in [7, 11) is 1.31. The number of hydrogen-bond acceptors (Lipinski definition) is 2. The first-order valence-corrected chi connectivity index (χ1v) is 3.38. The van der Waals surface area contributed by atoms with Crippen LogP contribution >= 0.6 is 11.6 Å². The molecule has 0 amide bonds. The molecule has 3 heteroatoms. The zero-order valence-electron chi connectivity index (χ0n) is 5.93. The van der Waals surface area contributed by atoms with Crippen LogP contribution in [0.15, 0.2) is 18.2 Å². The summed E-state index contributed by atoms with van der Waals surface area (Å²) in [4.78, 5) is 10.9. The van der Waals surface area contributed by atoms with E-state index in [1.165, 1.54) is 7.11 Å². The van der Waals surface area contributed by atoms with E-state index >= 15 is 0 Å². The van der Waals surface area contributed by atoms with E-state index < -0.39 is 5.97 Å². The smallest absolute Gasteiger partial charge is 0.340 e. The molecule has 0 atom stereocenters. The molecule has 0 aliphatic carbocycles. The van der Waals surface area contributed by atoms with Crippen molar-refractivity contribution in [2.24, 2.45) is 0 Å². The zero-order chi connectivity index (χ0) is 8.27. The van der Waals surface area contributed by atoms with Gasteiger partial charge >= 0.3 is 5.97 Å². The minimum absolute atomic E-state index is 0.275. The Morgan fingerprint density at radius 1 is 1.73 bits per heavy atom. The van der Waals surface area contributed by atoms with Crippen LogP contribution in [0.25, 0.3) is 0 Å². The predicted molar refractivity (Wildman–Crippen MR) is 41.6 cm³/mol. The second-order valence-corrected chi connectivity index (χ2v) is 2.29. The molecule has 1 aromatic carbocycles. The maximum atomic E-state index is 10.9. The van der Waals surface area contributed by atoms with Gasteiger partial charge in [0, 0.05) is 0 Å². The second kappa shape index (κ2) is 3.39. The third-order valence-electron chi connectivity index (χ3n) is 1.19. The number of esters is 1. The number of ether oxygens (including phenoxy) is 1. The highest BCUT2D eigenvalue weighted by molar-refractivity contribution is 6.33. The van der Waals surface area contributed by atoms with E-state index in [1.54, 1.807) is 18.2 Å². The van der Waals surface area contributed by atoms with Gasteiger partial charge in [0.1, 0.15) is 0 Å². The van der Waals surface area contributed by atoms with E-state index in [9.17, 15) is 4.79 Å². The second-order valence-electron chi connectivity index (χ2n) is 1.88. The Morgan fingerprint density at radius 3 is 3.00 bits per heavy atom. The topological polar surface area (TPSA) is 26.3 Å². The SMILES string of the molecule is COC(=O)c1[c]cccc1Cl. The minimum atomic E-state index is -0.462. The van der Waals surface area contributed by atoms with Crippen molar-refractivity contribution in [1.82, 2.24) is 0 Å². The first kappa shape index (κ1) is 8.08. The van der Waals surface area contributed by atoms with Crippen LogP contribution in [0.5, 0.6) is 0 Å². The maximum absolute atomic E-state index is 10.9. The molecule has 0 aromatic heterocycles. The van der Waals surface area contributed by atoms with Crippen LogP contribution in [0.4, 0.5) is 0 Å². The van der Waals surface area contributed by atoms with Gasteiger partial charge in [0.05, 0.1) is 17.7 Å². The van der Waals surface area contributed by atoms with Gasteiger partial charge in [-0.05, 0) is 12.1 Å². The summed E-state index contributed by atoms with van der Waals surface area (Å²) in [6.07, 6.45) is 0. The summed E-state index contributed by atoms with van der Waals surface area (Å²) in [6.45, 7) is 0. The van der Waals surface area contributed by atoms with Crippen LogP contribution in [-0.4, -0.2) is 13.1 Å². The van der Waals surface area contributed by atoms with Crippen molar-refractivity contribution in [3.63, 3.8) is 0 Å². The highest BCUT2D eigenvalue weighted by atomic mass is 35.5. The molecular formula is C8H6ClO2. The Morgan fingerprint density at radius 2 is 2.45 bits per heavy atom. The normalized spacial score (nSPS) is 9.27. The average Bonchev–Trinajstić information content (AvgIpc) is 2.04. The van der Waals surface area contributed by atoms with Crippen molar-refractivity contribution in [3.05, 3.63) is 34.9 Å². The largest absolute Gasteiger partial charge is 0.465 e. The van der Waals surface area contributed by atoms with Crippen LogP contribution in [0.3, 0.4) is 0 Å². The van der Waals surface area contributed by atoms with Crippen LogP contribution in [0, 0.1) is 6.07 Å². The number of carbonyl (C=O) groups excluding carboxylic acids is 1. The van der Waals surface area contributed by atoms with Crippen molar-refractivity contribution in [3.8, 4) is 0 Å². The maximum Gasteiger partial charge on any atom is 0.340 e. The van der Waals surface area contributed by atoms with E-state index in [4.69, 9.17) is 11.6 Å². The highest BCUT2D eigenvalue weighted by Crippen LogP contribution is 2.14. The summed E-state index contributed by atoms with van der Waals surface area (Å²) < 4.78 is 4.46. The lowest BCUT2D eigenvalue weighted by Crippen LogP contribution is -2.01. The van der Waals surface area contributed by atoms with E-state index in [0.717, 1.165) is 0 Å². The molecule has 1 aromatic rings. The van der Waals surface area contributed by atoms with Gasteiger partial charge in [-0.15, -0.1) is 0 Å². The quantitative estimate of drug-likeness (QED) is 0.601. The minimum Gasteiger partial charge on any atom is -0.465 e. The molecule has 0 saturated heterocycles. The fourth-order valence-electron chi connectivity index (χ4n) is 0.675. The van der Waals surface area contributed by atoms with Gasteiger partial charge in [-0.25, -0.2) is 4.79 Å². The molecule has 57 valence electrons. The fraction of sp³-hybridized carbons (Fsp3) is 0.125. The van der Waals surface area contributed by atoms with Crippen molar-refractivity contribution in [1.29, 1.82) is 0 Å². The van der Waals surface area contributed by atoms with Gasteiger partial charge in [-0.1, -0.05) is 23.7 Å². The number of rotatable bonds is 1. The lowest BCUT2D eigenvalue weighted by Gasteiger charge is -1.98. The molecule has 0 heterocycles. The molecule has 1 radical (unpaired) electrons. The summed E-state index contributed by atoms with van der Waals surface area (Å²) >= 11 is 5.67. The number of carbonyl (C=O) groups is 1. The van der Waals surface area contributed by atoms with Crippen molar-refractivity contribution >= 4 is 17.6 Å². The molecule has 0 saturated carbocycles. The van der Waals surface area contributed by atoms with Crippen LogP contribution in [-0.2, 0) is 4.74 Å². The monoisotopic (exact) mass is 169 g/mol. The summed E-state index contributed by atoms with van der Waals surface area (Å²) in [5.74, 6) is -0.462. The summed E-state index contributed by atoms with van der Waals surface area (Å²) in [5, 5.41) is 0.361. The third-order valence-corrected chi connectivity index (χ3v) is 1.51. The Bertz CT molecular complexity index is 271. The van der Waals surface area contributed by atoms with Crippen molar-refractivity contribution in [2.45, 2.75) is 0 Å². The highest BCUT2D eigenvalue weighted by Gasteiger charge is 2.08. The van der Waals surface area contributed by atoms with Gasteiger partial charge in [-0.2, -0.15) is 0 Å². The lowest BCUT2D eigenvalue weighted by atomic mass is 10.2. The zero-order valence-corrected chi connectivity index (χ0v) is 6.68. The van der Waals surface area contributed by atoms with Gasteiger partial charge in [0.2, 0.25) is 0 Å². The molecule has 0 unspecified atom stereocenters. The predicted octanol–water partition coefficient (Wildman–Crippen LogP) is 1.93. The Hall–Kier alpha value is -1.02. The summed E-state index contributed by atoms with van der Waals surface area (Å²) in [5.41, 5.74) is 0.275. The Kier molecular flexibility index (Phi) is 2.49. The first-order chi connectivity index (χ1) is 5.25. The van der Waals surface area contributed by atoms with Gasteiger partial charge in [-0.3, -0.25) is 0 Å². The molecule has 1 rings (SSSR count). The summed E-state index contributed by atoms with van der Waals surface area (Å²) in [6, 6.07) is 7.61. The van der Waals surface area contributed by atoms with E-state index in [0.29, 0.717) is 5.02 Å². The van der Waals surface area contributed by atoms with Crippen LogP contribution in [0.2, 0.25) is 5.02 Å². The van der Waals surface area contributed by atoms with Gasteiger partial charge in [0.25, 0.3) is 0 Å². The Balaban J connectivity index is 3.03.